The molecular weight excluding hydrogens is 258 g/mol. The molecule has 1 amide bonds. The number of rotatable bonds is 6. The molecule has 20 heavy (non-hydrogen) atoms. The van der Waals surface area contributed by atoms with Gasteiger partial charge >= 0.3 is 5.97 Å². The lowest BCUT2D eigenvalue weighted by molar-refractivity contribution is -0.149. The van der Waals surface area contributed by atoms with E-state index in [0.29, 0.717) is 26.0 Å². The van der Waals surface area contributed by atoms with Gasteiger partial charge in [-0.2, -0.15) is 0 Å². The highest BCUT2D eigenvalue weighted by Crippen LogP contribution is 2.15. The minimum Gasteiger partial charge on any atom is -0.480 e. The standard InChI is InChI=1S/C15H19NO4/c17-14(18)11-16(15(19)13-7-4-10-20-13)9-8-12-5-2-1-3-6-12/h1-3,5-6,13H,4,7-11H2,(H,17,18). The Morgan fingerprint density at radius 1 is 1.30 bits per heavy atom. The molecule has 1 aliphatic heterocycles. The molecule has 5 nitrogen and oxygen atoms in total. The highest BCUT2D eigenvalue weighted by atomic mass is 16.5. The molecule has 0 aromatic heterocycles. The summed E-state index contributed by atoms with van der Waals surface area (Å²) >= 11 is 0. The molecule has 0 saturated carbocycles. The van der Waals surface area contributed by atoms with Crippen LogP contribution >= 0.6 is 0 Å². The molecule has 0 radical (unpaired) electrons. The molecule has 0 aliphatic carbocycles. The number of hydrogen-bond acceptors (Lipinski definition) is 3. The van der Waals surface area contributed by atoms with Gasteiger partial charge in [0.1, 0.15) is 12.6 Å². The van der Waals surface area contributed by atoms with Crippen molar-refractivity contribution in [3.8, 4) is 0 Å². The molecule has 1 heterocycles. The Bertz CT molecular complexity index is 454. The Kier molecular flexibility index (Phi) is 5.12. The second kappa shape index (κ2) is 7.05. The SMILES string of the molecule is O=C(O)CN(CCc1ccccc1)C(=O)C1CCCO1. The molecule has 1 aliphatic rings. The smallest absolute Gasteiger partial charge is 0.323 e. The third-order valence-corrected chi connectivity index (χ3v) is 3.36. The van der Waals surface area contributed by atoms with E-state index >= 15 is 0 Å². The zero-order chi connectivity index (χ0) is 14.4. The van der Waals surface area contributed by atoms with Gasteiger partial charge in [0.05, 0.1) is 0 Å². The summed E-state index contributed by atoms with van der Waals surface area (Å²) in [5, 5.41) is 8.94. The Morgan fingerprint density at radius 2 is 2.05 bits per heavy atom. The topological polar surface area (TPSA) is 66.8 Å². The Morgan fingerprint density at radius 3 is 2.65 bits per heavy atom. The molecule has 0 spiro atoms. The molecule has 1 saturated heterocycles. The Hall–Kier alpha value is -1.88. The quantitative estimate of drug-likeness (QED) is 0.851. The fourth-order valence-electron chi connectivity index (χ4n) is 2.32. The van der Waals surface area contributed by atoms with Crippen molar-refractivity contribution in [1.29, 1.82) is 0 Å². The van der Waals surface area contributed by atoms with E-state index in [9.17, 15) is 9.59 Å². The van der Waals surface area contributed by atoms with Crippen LogP contribution in [-0.4, -0.2) is 47.7 Å². The number of carboxylic acids is 1. The van der Waals surface area contributed by atoms with E-state index in [1.165, 1.54) is 4.90 Å². The van der Waals surface area contributed by atoms with Gasteiger partial charge in [0.2, 0.25) is 0 Å². The normalized spacial score (nSPS) is 17.9. The van der Waals surface area contributed by atoms with Gasteiger partial charge in [-0.1, -0.05) is 30.3 Å². The summed E-state index contributed by atoms with van der Waals surface area (Å²) in [5.41, 5.74) is 1.09. The first-order valence-corrected chi connectivity index (χ1v) is 6.83. The predicted molar refractivity (Wildman–Crippen MR) is 73.3 cm³/mol. The zero-order valence-electron chi connectivity index (χ0n) is 11.3. The number of nitrogens with zero attached hydrogens (tertiary/aromatic N) is 1. The molecular formula is C15H19NO4. The summed E-state index contributed by atoms with van der Waals surface area (Å²) in [6.45, 7) is 0.705. The molecule has 0 bridgehead atoms. The van der Waals surface area contributed by atoms with Crippen LogP contribution in [0.5, 0.6) is 0 Å². The minimum absolute atomic E-state index is 0.208. The summed E-state index contributed by atoms with van der Waals surface area (Å²) in [4.78, 5) is 24.5. The van der Waals surface area contributed by atoms with E-state index in [1.54, 1.807) is 0 Å². The van der Waals surface area contributed by atoms with E-state index in [-0.39, 0.29) is 12.5 Å². The van der Waals surface area contributed by atoms with Gasteiger partial charge in [-0.05, 0) is 24.8 Å². The molecule has 1 fully saturated rings. The van der Waals surface area contributed by atoms with Gasteiger partial charge < -0.3 is 14.7 Å². The molecule has 1 aromatic rings. The van der Waals surface area contributed by atoms with Crippen LogP contribution < -0.4 is 0 Å². The molecule has 1 unspecified atom stereocenters. The van der Waals surface area contributed by atoms with Crippen molar-refractivity contribution >= 4 is 11.9 Å². The van der Waals surface area contributed by atoms with E-state index in [4.69, 9.17) is 9.84 Å². The van der Waals surface area contributed by atoms with E-state index in [1.807, 2.05) is 30.3 Å². The third-order valence-electron chi connectivity index (χ3n) is 3.36. The van der Waals surface area contributed by atoms with Crippen LogP contribution in [-0.2, 0) is 20.7 Å². The zero-order valence-corrected chi connectivity index (χ0v) is 11.3. The summed E-state index contributed by atoms with van der Waals surface area (Å²) in [6, 6.07) is 9.72. The lowest BCUT2D eigenvalue weighted by Gasteiger charge is -2.23. The number of carbonyl (C=O) groups is 2. The van der Waals surface area contributed by atoms with Crippen molar-refractivity contribution < 1.29 is 19.4 Å². The van der Waals surface area contributed by atoms with Gasteiger partial charge in [0, 0.05) is 13.2 Å². The molecule has 1 N–H and O–H groups in total. The van der Waals surface area contributed by atoms with Crippen LogP contribution in [0.25, 0.3) is 0 Å². The van der Waals surface area contributed by atoms with Crippen molar-refractivity contribution in [3.63, 3.8) is 0 Å². The van der Waals surface area contributed by atoms with Crippen molar-refractivity contribution in [2.75, 3.05) is 19.7 Å². The third kappa shape index (κ3) is 4.06. The summed E-state index contributed by atoms with van der Waals surface area (Å²) in [7, 11) is 0. The largest absolute Gasteiger partial charge is 0.480 e. The van der Waals surface area contributed by atoms with Crippen LogP contribution in [0, 0.1) is 0 Å². The van der Waals surface area contributed by atoms with Gasteiger partial charge in [0.25, 0.3) is 5.91 Å². The summed E-state index contributed by atoms with van der Waals surface area (Å²) in [5.74, 6) is -1.20. The number of carbonyl (C=O) groups excluding carboxylic acids is 1. The van der Waals surface area contributed by atoms with Crippen LogP contribution in [0.1, 0.15) is 18.4 Å². The fraction of sp³-hybridized carbons (Fsp3) is 0.467. The van der Waals surface area contributed by atoms with Crippen molar-refractivity contribution in [2.45, 2.75) is 25.4 Å². The molecule has 108 valence electrons. The second-order valence-corrected chi connectivity index (χ2v) is 4.89. The lowest BCUT2D eigenvalue weighted by atomic mass is 10.1. The second-order valence-electron chi connectivity index (χ2n) is 4.89. The fourth-order valence-corrected chi connectivity index (χ4v) is 2.32. The van der Waals surface area contributed by atoms with Crippen LogP contribution in [0.2, 0.25) is 0 Å². The first-order valence-electron chi connectivity index (χ1n) is 6.83. The van der Waals surface area contributed by atoms with Gasteiger partial charge in [-0.3, -0.25) is 9.59 Å². The van der Waals surface area contributed by atoms with Gasteiger partial charge in [-0.25, -0.2) is 0 Å². The van der Waals surface area contributed by atoms with E-state index in [2.05, 4.69) is 0 Å². The van der Waals surface area contributed by atoms with Crippen molar-refractivity contribution in [3.05, 3.63) is 35.9 Å². The van der Waals surface area contributed by atoms with Crippen LogP contribution in [0.15, 0.2) is 30.3 Å². The summed E-state index contributed by atoms with van der Waals surface area (Å²) < 4.78 is 5.35. The number of ether oxygens (including phenoxy) is 1. The Balaban J connectivity index is 1.95. The molecule has 1 aromatic carbocycles. The number of hydrogen-bond donors (Lipinski definition) is 1. The molecule has 1 atom stereocenters. The maximum absolute atomic E-state index is 12.2. The monoisotopic (exact) mass is 277 g/mol. The summed E-state index contributed by atoms with van der Waals surface area (Å²) in [6.07, 6.45) is 1.72. The van der Waals surface area contributed by atoms with E-state index < -0.39 is 12.1 Å². The van der Waals surface area contributed by atoms with Crippen LogP contribution in [0.4, 0.5) is 0 Å². The highest BCUT2D eigenvalue weighted by Gasteiger charge is 2.29. The van der Waals surface area contributed by atoms with Crippen LogP contribution in [0.3, 0.4) is 0 Å². The Labute approximate surface area is 118 Å². The predicted octanol–water partition coefficient (Wildman–Crippen LogP) is 1.32. The van der Waals surface area contributed by atoms with E-state index in [0.717, 1.165) is 12.0 Å². The molecule has 2 rings (SSSR count). The minimum atomic E-state index is -0.996. The number of benzene rings is 1. The van der Waals surface area contributed by atoms with Crippen molar-refractivity contribution in [2.24, 2.45) is 0 Å². The molecule has 5 heteroatoms. The lowest BCUT2D eigenvalue weighted by Crippen LogP contribution is -2.43. The first-order chi connectivity index (χ1) is 9.66. The first kappa shape index (κ1) is 14.5. The maximum Gasteiger partial charge on any atom is 0.323 e. The number of aliphatic carboxylic acids is 1. The average molecular weight is 277 g/mol. The average Bonchev–Trinajstić information content (AvgIpc) is 2.97. The number of carboxylic acid groups (broad SMARTS) is 1. The van der Waals surface area contributed by atoms with Gasteiger partial charge in [0.15, 0.2) is 0 Å². The van der Waals surface area contributed by atoms with Gasteiger partial charge in [-0.15, -0.1) is 0 Å². The number of amides is 1. The highest BCUT2D eigenvalue weighted by molar-refractivity contribution is 5.84. The maximum atomic E-state index is 12.2. The van der Waals surface area contributed by atoms with Crippen molar-refractivity contribution in [1.82, 2.24) is 4.90 Å².